The van der Waals surface area contributed by atoms with E-state index < -0.39 is 11.9 Å². The second-order valence-electron chi connectivity index (χ2n) is 4.26. The van der Waals surface area contributed by atoms with E-state index in [9.17, 15) is 9.59 Å². The molecule has 2 aromatic rings. The number of carbonyl (C=O) groups is 2. The molecule has 7 heteroatoms. The van der Waals surface area contributed by atoms with Crippen molar-refractivity contribution in [2.75, 3.05) is 17.7 Å². The second-order valence-corrected chi connectivity index (χ2v) is 6.43. The Morgan fingerprint density at radius 2 is 2.14 bits per heavy atom. The van der Waals surface area contributed by atoms with E-state index in [0.29, 0.717) is 16.3 Å². The van der Waals surface area contributed by atoms with Crippen molar-refractivity contribution in [3.05, 3.63) is 44.6 Å². The standard InChI is InChI=1S/C14H13BrN2O3S/c1-8-11(16)6-12(21-8)14(19)20-7-13(18)17-10-4-2-3-9(15)5-10/h2-6H,7,16H2,1H3,(H,17,18). The molecular formula is C14H13BrN2O3S. The van der Waals surface area contributed by atoms with Crippen LogP contribution in [0.4, 0.5) is 11.4 Å². The lowest BCUT2D eigenvalue weighted by molar-refractivity contribution is -0.119. The third-order valence-corrected chi connectivity index (χ3v) is 4.14. The molecule has 0 radical (unpaired) electrons. The maximum absolute atomic E-state index is 11.8. The third kappa shape index (κ3) is 4.30. The number of hydrogen-bond acceptors (Lipinski definition) is 5. The number of nitrogens with one attached hydrogen (secondary N) is 1. The monoisotopic (exact) mass is 368 g/mol. The summed E-state index contributed by atoms with van der Waals surface area (Å²) >= 11 is 4.55. The summed E-state index contributed by atoms with van der Waals surface area (Å²) in [5.74, 6) is -0.952. The van der Waals surface area contributed by atoms with Gasteiger partial charge in [0.25, 0.3) is 5.91 Å². The SMILES string of the molecule is Cc1sc(C(=O)OCC(=O)Nc2cccc(Br)c2)cc1N. The minimum Gasteiger partial charge on any atom is -0.451 e. The fraction of sp³-hybridized carbons (Fsp3) is 0.143. The van der Waals surface area contributed by atoms with Gasteiger partial charge < -0.3 is 15.8 Å². The molecule has 0 saturated carbocycles. The van der Waals surface area contributed by atoms with Gasteiger partial charge in [-0.25, -0.2) is 4.79 Å². The van der Waals surface area contributed by atoms with Crippen LogP contribution in [0.3, 0.4) is 0 Å². The number of aryl methyl sites for hydroxylation is 1. The molecule has 0 aliphatic heterocycles. The molecule has 5 nitrogen and oxygen atoms in total. The molecule has 0 spiro atoms. The maximum atomic E-state index is 11.8. The largest absolute Gasteiger partial charge is 0.451 e. The highest BCUT2D eigenvalue weighted by atomic mass is 79.9. The first kappa shape index (κ1) is 15.5. The van der Waals surface area contributed by atoms with Gasteiger partial charge in [0, 0.05) is 20.7 Å². The molecule has 0 fully saturated rings. The maximum Gasteiger partial charge on any atom is 0.348 e. The summed E-state index contributed by atoms with van der Waals surface area (Å²) in [4.78, 5) is 24.7. The summed E-state index contributed by atoms with van der Waals surface area (Å²) in [7, 11) is 0. The fourth-order valence-electron chi connectivity index (χ4n) is 1.56. The third-order valence-electron chi connectivity index (χ3n) is 2.60. The van der Waals surface area contributed by atoms with Crippen molar-refractivity contribution >= 4 is 50.5 Å². The number of nitrogens with two attached hydrogens (primary N) is 1. The topological polar surface area (TPSA) is 81.4 Å². The molecule has 1 aromatic carbocycles. The summed E-state index contributed by atoms with van der Waals surface area (Å²) in [6, 6.07) is 8.69. The van der Waals surface area contributed by atoms with Crippen LogP contribution < -0.4 is 11.1 Å². The van der Waals surface area contributed by atoms with Gasteiger partial charge in [0.05, 0.1) is 0 Å². The van der Waals surface area contributed by atoms with Crippen LogP contribution in [0.2, 0.25) is 0 Å². The van der Waals surface area contributed by atoms with E-state index in [0.717, 1.165) is 9.35 Å². The van der Waals surface area contributed by atoms with Gasteiger partial charge in [0.1, 0.15) is 4.88 Å². The van der Waals surface area contributed by atoms with Gasteiger partial charge in [-0.15, -0.1) is 11.3 Å². The van der Waals surface area contributed by atoms with Gasteiger partial charge in [-0.05, 0) is 31.2 Å². The van der Waals surface area contributed by atoms with Crippen LogP contribution >= 0.6 is 27.3 Å². The highest BCUT2D eigenvalue weighted by molar-refractivity contribution is 9.10. The van der Waals surface area contributed by atoms with Gasteiger partial charge in [0.2, 0.25) is 0 Å². The number of benzene rings is 1. The lowest BCUT2D eigenvalue weighted by Crippen LogP contribution is -2.20. The van der Waals surface area contributed by atoms with E-state index in [1.807, 2.05) is 13.0 Å². The molecular weight excluding hydrogens is 356 g/mol. The fourth-order valence-corrected chi connectivity index (χ4v) is 2.80. The number of rotatable bonds is 4. The first-order chi connectivity index (χ1) is 9.95. The molecule has 0 aliphatic carbocycles. The zero-order valence-electron chi connectivity index (χ0n) is 11.2. The number of ether oxygens (including phenoxy) is 1. The van der Waals surface area contributed by atoms with Crippen LogP contribution in [0.5, 0.6) is 0 Å². The van der Waals surface area contributed by atoms with Crippen LogP contribution in [-0.4, -0.2) is 18.5 Å². The number of nitrogen functional groups attached to an aromatic ring is 1. The van der Waals surface area contributed by atoms with Crippen molar-refractivity contribution in [1.82, 2.24) is 0 Å². The molecule has 0 unspecified atom stereocenters. The van der Waals surface area contributed by atoms with Crippen molar-refractivity contribution < 1.29 is 14.3 Å². The van der Waals surface area contributed by atoms with Crippen molar-refractivity contribution in [3.8, 4) is 0 Å². The van der Waals surface area contributed by atoms with Crippen LogP contribution in [0, 0.1) is 6.92 Å². The van der Waals surface area contributed by atoms with Gasteiger partial charge in [0.15, 0.2) is 6.61 Å². The Morgan fingerprint density at radius 1 is 1.38 bits per heavy atom. The van der Waals surface area contributed by atoms with E-state index in [1.54, 1.807) is 24.3 Å². The van der Waals surface area contributed by atoms with Gasteiger partial charge in [-0.1, -0.05) is 22.0 Å². The van der Waals surface area contributed by atoms with Crippen LogP contribution in [0.15, 0.2) is 34.8 Å². The minimum atomic E-state index is -0.552. The molecule has 3 N–H and O–H groups in total. The van der Waals surface area contributed by atoms with Crippen LogP contribution in [0.1, 0.15) is 14.5 Å². The highest BCUT2D eigenvalue weighted by Gasteiger charge is 2.14. The van der Waals surface area contributed by atoms with Crippen molar-refractivity contribution in [3.63, 3.8) is 0 Å². The molecule has 1 aromatic heterocycles. The highest BCUT2D eigenvalue weighted by Crippen LogP contribution is 2.24. The number of anilines is 2. The van der Waals surface area contributed by atoms with E-state index in [-0.39, 0.29) is 6.61 Å². The number of halogens is 1. The van der Waals surface area contributed by atoms with Crippen LogP contribution in [-0.2, 0) is 9.53 Å². The molecule has 110 valence electrons. The quantitative estimate of drug-likeness (QED) is 0.811. The van der Waals surface area contributed by atoms with E-state index in [4.69, 9.17) is 10.5 Å². The molecule has 2 rings (SSSR count). The number of hydrogen-bond donors (Lipinski definition) is 2. The van der Waals surface area contributed by atoms with E-state index in [1.165, 1.54) is 11.3 Å². The molecule has 0 aliphatic rings. The minimum absolute atomic E-state index is 0.345. The lowest BCUT2D eigenvalue weighted by atomic mass is 10.3. The normalized spacial score (nSPS) is 10.2. The Labute approximate surface area is 134 Å². The molecule has 0 atom stereocenters. The van der Waals surface area contributed by atoms with Gasteiger partial charge in [-0.2, -0.15) is 0 Å². The average molecular weight is 369 g/mol. The lowest BCUT2D eigenvalue weighted by Gasteiger charge is -2.06. The first-order valence-electron chi connectivity index (χ1n) is 6.04. The Bertz CT molecular complexity index is 665. The summed E-state index contributed by atoms with van der Waals surface area (Å²) in [5, 5.41) is 2.64. The predicted octanol–water partition coefficient (Wildman–Crippen LogP) is 3.20. The Morgan fingerprint density at radius 3 is 2.76 bits per heavy atom. The number of thiophene rings is 1. The van der Waals surface area contributed by atoms with Crippen molar-refractivity contribution in [2.24, 2.45) is 0 Å². The predicted molar refractivity (Wildman–Crippen MR) is 86.5 cm³/mol. The Hall–Kier alpha value is -1.86. The smallest absolute Gasteiger partial charge is 0.348 e. The van der Waals surface area contributed by atoms with E-state index >= 15 is 0 Å². The number of amides is 1. The summed E-state index contributed by atoms with van der Waals surface area (Å²) in [5.41, 5.74) is 6.84. The van der Waals surface area contributed by atoms with Crippen molar-refractivity contribution in [1.29, 1.82) is 0 Å². The Balaban J connectivity index is 1.88. The number of carbonyl (C=O) groups excluding carboxylic acids is 2. The van der Waals surface area contributed by atoms with Gasteiger partial charge in [-0.3, -0.25) is 4.79 Å². The average Bonchev–Trinajstić information content (AvgIpc) is 2.76. The molecule has 21 heavy (non-hydrogen) atoms. The summed E-state index contributed by atoms with van der Waals surface area (Å²) in [6.45, 7) is 1.47. The van der Waals surface area contributed by atoms with E-state index in [2.05, 4.69) is 21.2 Å². The second kappa shape index (κ2) is 6.73. The molecule has 1 heterocycles. The molecule has 0 bridgehead atoms. The zero-order valence-corrected chi connectivity index (χ0v) is 13.6. The van der Waals surface area contributed by atoms with Gasteiger partial charge >= 0.3 is 5.97 Å². The van der Waals surface area contributed by atoms with Crippen molar-refractivity contribution in [2.45, 2.75) is 6.92 Å². The summed E-state index contributed by atoms with van der Waals surface area (Å²) < 4.78 is 5.80. The molecule has 1 amide bonds. The molecule has 0 saturated heterocycles. The van der Waals surface area contributed by atoms with Crippen LogP contribution in [0.25, 0.3) is 0 Å². The summed E-state index contributed by atoms with van der Waals surface area (Å²) in [6.07, 6.45) is 0. The Kier molecular flexibility index (Phi) is 4.98. The number of esters is 1. The first-order valence-corrected chi connectivity index (χ1v) is 7.65. The zero-order chi connectivity index (χ0) is 15.4.